The smallest absolute Gasteiger partial charge is 0.270 e. The lowest BCUT2D eigenvalue weighted by Crippen LogP contribution is -2.19. The fraction of sp³-hybridized carbons (Fsp3) is 0.333. The van der Waals surface area contributed by atoms with E-state index in [0.29, 0.717) is 0 Å². The van der Waals surface area contributed by atoms with E-state index in [0.717, 1.165) is 17.5 Å². The summed E-state index contributed by atoms with van der Waals surface area (Å²) in [4.78, 5) is 11.3. The number of nitrogens with one attached hydrogen (secondary N) is 1. The van der Waals surface area contributed by atoms with Crippen molar-refractivity contribution in [3.05, 3.63) is 29.8 Å². The van der Waals surface area contributed by atoms with E-state index in [1.807, 2.05) is 24.3 Å². The molecule has 16 heavy (non-hydrogen) atoms. The van der Waals surface area contributed by atoms with E-state index < -0.39 is 5.91 Å². The third-order valence-corrected chi connectivity index (χ3v) is 2.17. The van der Waals surface area contributed by atoms with Gasteiger partial charge >= 0.3 is 0 Å². The van der Waals surface area contributed by atoms with Crippen molar-refractivity contribution >= 4 is 17.8 Å². The normalized spacial score (nSPS) is 11.7. The number of anilines is 1. The molecule has 0 fully saturated rings. The van der Waals surface area contributed by atoms with E-state index in [1.165, 1.54) is 0 Å². The Hall–Kier alpha value is -1.84. The van der Waals surface area contributed by atoms with Crippen molar-refractivity contribution in [2.24, 2.45) is 5.16 Å². The number of para-hydroxylation sites is 1. The first-order valence-corrected chi connectivity index (χ1v) is 5.03. The van der Waals surface area contributed by atoms with E-state index >= 15 is 0 Å². The van der Waals surface area contributed by atoms with Crippen molar-refractivity contribution in [3.8, 4) is 0 Å². The predicted octanol–water partition coefficient (Wildman–Crippen LogP) is 2.38. The van der Waals surface area contributed by atoms with Gasteiger partial charge in [-0.15, -0.1) is 0 Å². The molecular formula is C12H16N2O2. The van der Waals surface area contributed by atoms with Gasteiger partial charge < -0.3 is 10.5 Å². The number of nitrogens with zero attached hydrogens (tertiary/aromatic N) is 1. The summed E-state index contributed by atoms with van der Waals surface area (Å²) in [5.74, 6) is -0.445. The highest BCUT2D eigenvalue weighted by Gasteiger charge is 2.17. The number of rotatable bonds is 2. The van der Waals surface area contributed by atoms with Gasteiger partial charge in [-0.2, -0.15) is 0 Å². The van der Waals surface area contributed by atoms with Gasteiger partial charge in [0.05, 0.1) is 0 Å². The Kier molecular flexibility index (Phi) is 3.66. The van der Waals surface area contributed by atoms with Crippen molar-refractivity contribution in [1.82, 2.24) is 0 Å². The van der Waals surface area contributed by atoms with Crippen LogP contribution < -0.4 is 5.32 Å². The molecule has 1 aromatic carbocycles. The number of amides is 1. The molecule has 1 amide bonds. The molecule has 4 nitrogen and oxygen atoms in total. The minimum absolute atomic E-state index is 0.0553. The molecule has 0 radical (unpaired) electrons. The summed E-state index contributed by atoms with van der Waals surface area (Å²) >= 11 is 0. The van der Waals surface area contributed by atoms with Crippen molar-refractivity contribution in [1.29, 1.82) is 0 Å². The highest BCUT2D eigenvalue weighted by molar-refractivity contribution is 6.31. The predicted molar refractivity (Wildman–Crippen MR) is 64.1 cm³/mol. The average Bonchev–Trinajstić information content (AvgIpc) is 2.17. The minimum Gasteiger partial charge on any atom is -0.411 e. The summed E-state index contributed by atoms with van der Waals surface area (Å²) in [7, 11) is 0. The standard InChI is InChI=1S/C12H16N2O2/c1-12(2,3)9-6-4-5-7-10(9)14-11(15)8-13-16/h4-8,16H,1-3H3,(H,14,15)/b13-8+. The molecule has 86 valence electrons. The Morgan fingerprint density at radius 3 is 2.56 bits per heavy atom. The number of hydrogen-bond acceptors (Lipinski definition) is 3. The number of benzene rings is 1. The fourth-order valence-corrected chi connectivity index (χ4v) is 1.46. The molecule has 1 rings (SSSR count). The topological polar surface area (TPSA) is 61.7 Å². The second-order valence-electron chi connectivity index (χ2n) is 4.53. The highest BCUT2D eigenvalue weighted by atomic mass is 16.4. The fourth-order valence-electron chi connectivity index (χ4n) is 1.46. The first kappa shape index (κ1) is 12.2. The molecule has 0 aromatic heterocycles. The van der Waals surface area contributed by atoms with Crippen LogP contribution in [0.4, 0.5) is 5.69 Å². The van der Waals surface area contributed by atoms with Gasteiger partial charge in [0.15, 0.2) is 0 Å². The Labute approximate surface area is 95.0 Å². The third-order valence-electron chi connectivity index (χ3n) is 2.17. The lowest BCUT2D eigenvalue weighted by atomic mass is 9.86. The lowest BCUT2D eigenvalue weighted by molar-refractivity contribution is -0.110. The molecule has 0 saturated heterocycles. The number of hydrogen-bond donors (Lipinski definition) is 2. The van der Waals surface area contributed by atoms with E-state index in [2.05, 4.69) is 31.2 Å². The van der Waals surface area contributed by atoms with E-state index in [4.69, 9.17) is 5.21 Å². The Morgan fingerprint density at radius 2 is 2.00 bits per heavy atom. The van der Waals surface area contributed by atoms with E-state index in [1.54, 1.807) is 0 Å². The molecule has 0 heterocycles. The van der Waals surface area contributed by atoms with Crippen LogP contribution in [0.5, 0.6) is 0 Å². The zero-order valence-corrected chi connectivity index (χ0v) is 9.69. The zero-order chi connectivity index (χ0) is 12.2. The summed E-state index contributed by atoms with van der Waals surface area (Å²) < 4.78 is 0. The zero-order valence-electron chi connectivity index (χ0n) is 9.69. The van der Waals surface area contributed by atoms with Gasteiger partial charge in [-0.1, -0.05) is 44.1 Å². The van der Waals surface area contributed by atoms with Crippen LogP contribution in [0.25, 0.3) is 0 Å². The molecule has 2 N–H and O–H groups in total. The summed E-state index contributed by atoms with van der Waals surface area (Å²) in [6, 6.07) is 7.56. The molecule has 0 spiro atoms. The largest absolute Gasteiger partial charge is 0.411 e. The maximum atomic E-state index is 11.3. The van der Waals surface area contributed by atoms with Gasteiger partial charge in [-0.25, -0.2) is 0 Å². The molecule has 0 aliphatic heterocycles. The third kappa shape index (κ3) is 3.08. The molecule has 0 atom stereocenters. The average molecular weight is 220 g/mol. The van der Waals surface area contributed by atoms with Gasteiger partial charge in [0.2, 0.25) is 0 Å². The SMILES string of the molecule is CC(C)(C)c1ccccc1NC(=O)/C=N/O. The minimum atomic E-state index is -0.445. The van der Waals surface area contributed by atoms with Crippen LogP contribution in [0.15, 0.2) is 29.4 Å². The molecular weight excluding hydrogens is 204 g/mol. The van der Waals surface area contributed by atoms with Crippen LogP contribution in [-0.4, -0.2) is 17.3 Å². The summed E-state index contributed by atoms with van der Waals surface area (Å²) in [5, 5.41) is 13.6. The molecule has 0 saturated carbocycles. The second kappa shape index (κ2) is 4.79. The van der Waals surface area contributed by atoms with Crippen LogP contribution in [0, 0.1) is 0 Å². The number of oxime groups is 1. The molecule has 0 unspecified atom stereocenters. The maximum Gasteiger partial charge on any atom is 0.270 e. The maximum absolute atomic E-state index is 11.3. The van der Waals surface area contributed by atoms with Gasteiger partial charge in [-0.3, -0.25) is 4.79 Å². The van der Waals surface area contributed by atoms with Gasteiger partial charge in [0.1, 0.15) is 6.21 Å². The van der Waals surface area contributed by atoms with Gasteiger partial charge in [0, 0.05) is 5.69 Å². The molecule has 0 aliphatic rings. The number of carbonyl (C=O) groups excluding carboxylic acids is 1. The van der Waals surface area contributed by atoms with E-state index in [9.17, 15) is 4.79 Å². The van der Waals surface area contributed by atoms with Gasteiger partial charge in [-0.05, 0) is 17.0 Å². The molecule has 0 aliphatic carbocycles. The Bertz CT molecular complexity index is 406. The second-order valence-corrected chi connectivity index (χ2v) is 4.53. The van der Waals surface area contributed by atoms with Crippen molar-refractivity contribution in [2.75, 3.05) is 5.32 Å². The van der Waals surface area contributed by atoms with Crippen LogP contribution >= 0.6 is 0 Å². The van der Waals surface area contributed by atoms with Crippen molar-refractivity contribution < 1.29 is 10.0 Å². The number of carbonyl (C=O) groups is 1. The quantitative estimate of drug-likeness (QED) is 0.456. The first-order chi connectivity index (χ1) is 7.45. The summed E-state index contributed by atoms with van der Waals surface area (Å²) in [5.41, 5.74) is 1.72. The monoisotopic (exact) mass is 220 g/mol. The Balaban J connectivity index is 3.01. The first-order valence-electron chi connectivity index (χ1n) is 5.03. The van der Waals surface area contributed by atoms with Gasteiger partial charge in [0.25, 0.3) is 5.91 Å². The Morgan fingerprint density at radius 1 is 1.38 bits per heavy atom. The van der Waals surface area contributed by atoms with Crippen LogP contribution in [0.1, 0.15) is 26.3 Å². The summed E-state index contributed by atoms with van der Waals surface area (Å²) in [6.07, 6.45) is 0.833. The molecule has 4 heteroatoms. The summed E-state index contributed by atoms with van der Waals surface area (Å²) in [6.45, 7) is 6.20. The molecule has 1 aromatic rings. The van der Waals surface area contributed by atoms with Crippen LogP contribution in [-0.2, 0) is 10.2 Å². The van der Waals surface area contributed by atoms with Crippen molar-refractivity contribution in [2.45, 2.75) is 26.2 Å². The highest BCUT2D eigenvalue weighted by Crippen LogP contribution is 2.28. The van der Waals surface area contributed by atoms with Crippen molar-refractivity contribution in [3.63, 3.8) is 0 Å². The van der Waals surface area contributed by atoms with Crippen LogP contribution in [0.2, 0.25) is 0 Å². The lowest BCUT2D eigenvalue weighted by Gasteiger charge is -2.22. The molecule has 0 bridgehead atoms. The van der Waals surface area contributed by atoms with E-state index in [-0.39, 0.29) is 5.41 Å². The van der Waals surface area contributed by atoms with Crippen LogP contribution in [0.3, 0.4) is 0 Å².